The maximum atomic E-state index is 11.6. The van der Waals surface area contributed by atoms with Crippen LogP contribution < -0.4 is 4.74 Å². The molecule has 0 saturated heterocycles. The lowest BCUT2D eigenvalue weighted by molar-refractivity contribution is -0.127. The Morgan fingerprint density at radius 1 is 1.39 bits per heavy atom. The Kier molecular flexibility index (Phi) is 3.69. The normalized spacial score (nSPS) is 15.0. The van der Waals surface area contributed by atoms with E-state index >= 15 is 0 Å². The van der Waals surface area contributed by atoms with E-state index in [0.29, 0.717) is 6.42 Å². The van der Waals surface area contributed by atoms with E-state index in [2.05, 4.69) is 12.0 Å². The average Bonchev–Trinajstić information content (AvgIpc) is 2.40. The zero-order valence-electron chi connectivity index (χ0n) is 10.3. The van der Waals surface area contributed by atoms with Gasteiger partial charge in [-0.3, -0.25) is 4.79 Å². The van der Waals surface area contributed by atoms with Gasteiger partial charge in [-0.1, -0.05) is 12.0 Å². The van der Waals surface area contributed by atoms with E-state index in [-0.39, 0.29) is 12.5 Å². The third kappa shape index (κ3) is 2.54. The molecule has 0 fully saturated rings. The number of hydrogen-bond donors (Lipinski definition) is 0. The number of terminal acetylenes is 1. The highest BCUT2D eigenvalue weighted by molar-refractivity contribution is 5.88. The number of carbonyl (C=O) groups excluding carboxylic acids is 1. The Morgan fingerprint density at radius 3 is 2.78 bits per heavy atom. The van der Waals surface area contributed by atoms with E-state index < -0.39 is 0 Å². The maximum Gasteiger partial charge on any atom is 0.227 e. The summed E-state index contributed by atoms with van der Waals surface area (Å²) >= 11 is 0. The van der Waals surface area contributed by atoms with Gasteiger partial charge in [0.25, 0.3) is 0 Å². The zero-order chi connectivity index (χ0) is 13.0. The topological polar surface area (TPSA) is 29.5 Å². The molecule has 1 aliphatic heterocycles. The molecule has 0 radical (unpaired) electrons. The number of ether oxygens (including phenoxy) is 1. The maximum absolute atomic E-state index is 11.6. The highest BCUT2D eigenvalue weighted by Gasteiger charge is 2.18. The molecule has 0 aliphatic carbocycles. The highest BCUT2D eigenvalue weighted by Crippen LogP contribution is 2.25. The molecule has 0 bridgehead atoms. The van der Waals surface area contributed by atoms with Crippen molar-refractivity contribution in [2.24, 2.45) is 0 Å². The lowest BCUT2D eigenvalue weighted by Crippen LogP contribution is -2.27. The third-order valence-corrected chi connectivity index (χ3v) is 2.90. The van der Waals surface area contributed by atoms with Crippen molar-refractivity contribution >= 4 is 11.6 Å². The van der Waals surface area contributed by atoms with Gasteiger partial charge in [0, 0.05) is 19.2 Å². The van der Waals surface area contributed by atoms with Crippen LogP contribution in [0.25, 0.3) is 5.70 Å². The van der Waals surface area contributed by atoms with Gasteiger partial charge in [-0.15, -0.1) is 6.42 Å². The number of nitrogens with zero attached hydrogens (tertiary/aromatic N) is 1. The molecule has 92 valence electrons. The van der Waals surface area contributed by atoms with E-state index in [4.69, 9.17) is 11.2 Å². The van der Waals surface area contributed by atoms with Gasteiger partial charge in [-0.05, 0) is 36.2 Å². The molecule has 0 N–H and O–H groups in total. The summed E-state index contributed by atoms with van der Waals surface area (Å²) in [4.78, 5) is 13.3. The molecule has 0 atom stereocenters. The molecular weight excluding hydrogens is 226 g/mol. The van der Waals surface area contributed by atoms with Gasteiger partial charge in [0.2, 0.25) is 5.91 Å². The standard InChI is InChI=1S/C15H15NO2/c1-3-11-18-13-9-7-12(8-10-13)14-5-4-6-15(17)16(14)2/h1,5,7-10H,4,6,11H2,2H3. The molecule has 1 aliphatic rings. The first-order valence-electron chi connectivity index (χ1n) is 5.86. The van der Waals surface area contributed by atoms with Crippen LogP contribution >= 0.6 is 0 Å². The van der Waals surface area contributed by atoms with E-state index in [1.807, 2.05) is 24.3 Å². The Bertz CT molecular complexity index is 508. The minimum atomic E-state index is 0.153. The summed E-state index contributed by atoms with van der Waals surface area (Å²) in [5.74, 6) is 3.31. The predicted octanol–water partition coefficient (Wildman–Crippen LogP) is 2.29. The van der Waals surface area contributed by atoms with E-state index in [1.54, 1.807) is 11.9 Å². The molecule has 3 nitrogen and oxygen atoms in total. The summed E-state index contributed by atoms with van der Waals surface area (Å²) in [6.07, 6.45) is 8.60. The fraction of sp³-hybridized carbons (Fsp3) is 0.267. The van der Waals surface area contributed by atoms with Gasteiger partial charge in [0.1, 0.15) is 12.4 Å². The number of allylic oxidation sites excluding steroid dienone is 1. The first kappa shape index (κ1) is 12.3. The van der Waals surface area contributed by atoms with Gasteiger partial charge >= 0.3 is 0 Å². The van der Waals surface area contributed by atoms with Gasteiger partial charge in [0.15, 0.2) is 0 Å². The van der Waals surface area contributed by atoms with Gasteiger partial charge < -0.3 is 9.64 Å². The zero-order valence-corrected chi connectivity index (χ0v) is 10.3. The van der Waals surface area contributed by atoms with Crippen molar-refractivity contribution in [3.63, 3.8) is 0 Å². The number of amides is 1. The first-order chi connectivity index (χ1) is 8.72. The third-order valence-electron chi connectivity index (χ3n) is 2.90. The number of carbonyl (C=O) groups is 1. The fourth-order valence-corrected chi connectivity index (χ4v) is 1.93. The monoisotopic (exact) mass is 241 g/mol. The summed E-state index contributed by atoms with van der Waals surface area (Å²) < 4.78 is 5.31. The second-order valence-electron chi connectivity index (χ2n) is 4.10. The second kappa shape index (κ2) is 5.42. The molecule has 1 aromatic carbocycles. The van der Waals surface area contributed by atoms with Crippen molar-refractivity contribution in [3.05, 3.63) is 35.9 Å². The molecule has 1 heterocycles. The van der Waals surface area contributed by atoms with Crippen LogP contribution in [0.15, 0.2) is 30.3 Å². The van der Waals surface area contributed by atoms with Gasteiger partial charge in [0.05, 0.1) is 0 Å². The van der Waals surface area contributed by atoms with Gasteiger partial charge in [-0.25, -0.2) is 0 Å². The fourth-order valence-electron chi connectivity index (χ4n) is 1.93. The molecule has 3 heteroatoms. The van der Waals surface area contributed by atoms with Crippen LogP contribution in [0, 0.1) is 12.3 Å². The van der Waals surface area contributed by atoms with Crippen LogP contribution in [0.4, 0.5) is 0 Å². The molecular formula is C15H15NO2. The van der Waals surface area contributed by atoms with Crippen LogP contribution in [0.2, 0.25) is 0 Å². The van der Waals surface area contributed by atoms with Crippen molar-refractivity contribution in [3.8, 4) is 18.1 Å². The summed E-state index contributed by atoms with van der Waals surface area (Å²) in [6, 6.07) is 7.60. The van der Waals surface area contributed by atoms with Crippen molar-refractivity contribution in [2.45, 2.75) is 12.8 Å². The summed E-state index contributed by atoms with van der Waals surface area (Å²) in [5.41, 5.74) is 1.97. The second-order valence-corrected chi connectivity index (χ2v) is 4.10. The molecule has 2 rings (SSSR count). The minimum absolute atomic E-state index is 0.153. The molecule has 18 heavy (non-hydrogen) atoms. The Hall–Kier alpha value is -2.21. The molecule has 0 spiro atoms. The van der Waals surface area contributed by atoms with Crippen molar-refractivity contribution < 1.29 is 9.53 Å². The molecule has 1 aromatic rings. The SMILES string of the molecule is C#CCOc1ccc(C2=CCCC(=O)N2C)cc1. The van der Waals surface area contributed by atoms with Crippen LogP contribution in [-0.4, -0.2) is 24.5 Å². The van der Waals surface area contributed by atoms with Crippen molar-refractivity contribution in [1.82, 2.24) is 4.90 Å². The summed E-state index contributed by atoms with van der Waals surface area (Å²) in [7, 11) is 1.80. The molecule has 0 unspecified atom stereocenters. The number of rotatable bonds is 3. The molecule has 0 aromatic heterocycles. The van der Waals surface area contributed by atoms with E-state index in [1.165, 1.54) is 0 Å². The number of benzene rings is 1. The lowest BCUT2D eigenvalue weighted by atomic mass is 10.1. The quantitative estimate of drug-likeness (QED) is 0.760. The van der Waals surface area contributed by atoms with E-state index in [0.717, 1.165) is 23.4 Å². The number of hydrogen-bond acceptors (Lipinski definition) is 2. The Balaban J connectivity index is 2.17. The average molecular weight is 241 g/mol. The molecule has 1 amide bonds. The molecule has 0 saturated carbocycles. The van der Waals surface area contributed by atoms with Gasteiger partial charge in [-0.2, -0.15) is 0 Å². The van der Waals surface area contributed by atoms with Crippen LogP contribution in [-0.2, 0) is 4.79 Å². The smallest absolute Gasteiger partial charge is 0.227 e. The van der Waals surface area contributed by atoms with Crippen LogP contribution in [0.1, 0.15) is 18.4 Å². The van der Waals surface area contributed by atoms with E-state index in [9.17, 15) is 4.79 Å². The van der Waals surface area contributed by atoms with Crippen molar-refractivity contribution in [2.75, 3.05) is 13.7 Å². The Labute approximate surface area is 107 Å². The predicted molar refractivity (Wildman–Crippen MR) is 70.8 cm³/mol. The Morgan fingerprint density at radius 2 is 2.11 bits per heavy atom. The van der Waals surface area contributed by atoms with Crippen LogP contribution in [0.5, 0.6) is 5.75 Å². The lowest BCUT2D eigenvalue weighted by Gasteiger charge is -2.24. The highest BCUT2D eigenvalue weighted by atomic mass is 16.5. The minimum Gasteiger partial charge on any atom is -0.481 e. The first-order valence-corrected chi connectivity index (χ1v) is 5.86. The summed E-state index contributed by atoms with van der Waals surface area (Å²) in [5, 5.41) is 0. The van der Waals surface area contributed by atoms with Crippen LogP contribution in [0.3, 0.4) is 0 Å². The summed E-state index contributed by atoms with van der Waals surface area (Å²) in [6.45, 7) is 0.264. The van der Waals surface area contributed by atoms with Crippen molar-refractivity contribution in [1.29, 1.82) is 0 Å². The largest absolute Gasteiger partial charge is 0.481 e.